The zero-order valence-electron chi connectivity index (χ0n) is 8.71. The van der Waals surface area contributed by atoms with Gasteiger partial charge in [0, 0.05) is 11.1 Å². The van der Waals surface area contributed by atoms with Gasteiger partial charge in [0.15, 0.2) is 6.29 Å². The fraction of sp³-hybridized carbons (Fsp3) is 0.273. The van der Waals surface area contributed by atoms with E-state index in [1.54, 1.807) is 0 Å². The van der Waals surface area contributed by atoms with Crippen molar-refractivity contribution in [1.82, 2.24) is 0 Å². The molecule has 17 heavy (non-hydrogen) atoms. The summed E-state index contributed by atoms with van der Waals surface area (Å²) in [6.45, 7) is 0. The Morgan fingerprint density at radius 1 is 1.41 bits per heavy atom. The molecule has 5 nitrogen and oxygen atoms in total. The van der Waals surface area contributed by atoms with Crippen molar-refractivity contribution in [3.8, 4) is 0 Å². The number of aldehydes is 1. The minimum absolute atomic E-state index is 0.123. The van der Waals surface area contributed by atoms with Crippen molar-refractivity contribution >= 4 is 12.3 Å². The van der Waals surface area contributed by atoms with Crippen LogP contribution < -0.4 is 0 Å². The Kier molecular flexibility index (Phi) is 4.30. The molecule has 0 saturated carbocycles. The topological polar surface area (TPSA) is 94.8 Å². The molecule has 0 aliphatic rings. The minimum Gasteiger partial charge on any atom is -0.481 e. The second-order valence-corrected chi connectivity index (χ2v) is 3.47. The van der Waals surface area contributed by atoms with E-state index < -0.39 is 36.0 Å². The van der Waals surface area contributed by atoms with Crippen LogP contribution in [0.5, 0.6) is 0 Å². The fourth-order valence-corrected chi connectivity index (χ4v) is 1.45. The lowest BCUT2D eigenvalue weighted by atomic mass is 9.97. The summed E-state index contributed by atoms with van der Waals surface area (Å²) >= 11 is 0. The standard InChI is InChI=1S/C11H11FO5/c12-7-3-1-2-6(5-13)10(7)11(17)8(14)4-9(15)16/h1-3,5,8,11,14,17H,4H2,(H,15,16). The molecule has 0 spiro atoms. The molecule has 1 aromatic carbocycles. The van der Waals surface area contributed by atoms with Crippen molar-refractivity contribution in [3.05, 3.63) is 35.1 Å². The van der Waals surface area contributed by atoms with E-state index in [0.29, 0.717) is 6.29 Å². The summed E-state index contributed by atoms with van der Waals surface area (Å²) in [5.41, 5.74) is -0.516. The first-order valence-electron chi connectivity index (χ1n) is 4.79. The summed E-state index contributed by atoms with van der Waals surface area (Å²) in [7, 11) is 0. The molecule has 1 aromatic rings. The first-order chi connectivity index (χ1) is 7.97. The van der Waals surface area contributed by atoms with Crippen LogP contribution in [0.15, 0.2) is 18.2 Å². The van der Waals surface area contributed by atoms with Crippen LogP contribution in [0.1, 0.15) is 28.4 Å². The van der Waals surface area contributed by atoms with Gasteiger partial charge in [0.25, 0.3) is 0 Å². The molecule has 0 heterocycles. The molecule has 0 saturated heterocycles. The molecular formula is C11H11FO5. The van der Waals surface area contributed by atoms with Gasteiger partial charge in [-0.05, 0) is 6.07 Å². The van der Waals surface area contributed by atoms with Gasteiger partial charge in [-0.15, -0.1) is 0 Å². The third-order valence-corrected chi connectivity index (χ3v) is 2.26. The highest BCUT2D eigenvalue weighted by atomic mass is 19.1. The second kappa shape index (κ2) is 5.51. The molecule has 0 fully saturated rings. The number of hydrogen-bond donors (Lipinski definition) is 3. The number of carbonyl (C=O) groups excluding carboxylic acids is 1. The van der Waals surface area contributed by atoms with Gasteiger partial charge >= 0.3 is 5.97 Å². The van der Waals surface area contributed by atoms with Crippen LogP contribution >= 0.6 is 0 Å². The molecule has 0 aliphatic heterocycles. The van der Waals surface area contributed by atoms with Gasteiger partial charge in [0.1, 0.15) is 11.9 Å². The molecular weight excluding hydrogens is 231 g/mol. The Bertz CT molecular complexity index is 432. The Labute approximate surface area is 96.1 Å². The number of aliphatic hydroxyl groups is 2. The van der Waals surface area contributed by atoms with Crippen molar-refractivity contribution in [2.75, 3.05) is 0 Å². The monoisotopic (exact) mass is 242 g/mol. The van der Waals surface area contributed by atoms with E-state index in [9.17, 15) is 24.2 Å². The maximum Gasteiger partial charge on any atom is 0.306 e. The van der Waals surface area contributed by atoms with Crippen molar-refractivity contribution in [2.45, 2.75) is 18.6 Å². The number of aliphatic carboxylic acids is 1. The molecule has 2 atom stereocenters. The number of benzene rings is 1. The van der Waals surface area contributed by atoms with Gasteiger partial charge in [-0.3, -0.25) is 9.59 Å². The summed E-state index contributed by atoms with van der Waals surface area (Å²) in [4.78, 5) is 21.0. The lowest BCUT2D eigenvalue weighted by Crippen LogP contribution is -2.23. The summed E-state index contributed by atoms with van der Waals surface area (Å²) in [5.74, 6) is -2.20. The zero-order valence-corrected chi connectivity index (χ0v) is 8.71. The number of carbonyl (C=O) groups is 2. The Balaban J connectivity index is 3.06. The first-order valence-corrected chi connectivity index (χ1v) is 4.79. The van der Waals surface area contributed by atoms with Crippen molar-refractivity contribution < 1.29 is 29.3 Å². The smallest absolute Gasteiger partial charge is 0.306 e. The molecule has 0 radical (unpaired) electrons. The van der Waals surface area contributed by atoms with Gasteiger partial charge in [0.2, 0.25) is 0 Å². The maximum absolute atomic E-state index is 13.4. The van der Waals surface area contributed by atoms with Crippen LogP contribution in [-0.4, -0.2) is 33.7 Å². The Morgan fingerprint density at radius 3 is 2.59 bits per heavy atom. The number of carboxylic acids is 1. The van der Waals surface area contributed by atoms with Gasteiger partial charge in [0.05, 0.1) is 12.5 Å². The molecule has 0 bridgehead atoms. The van der Waals surface area contributed by atoms with Crippen LogP contribution in [0, 0.1) is 5.82 Å². The van der Waals surface area contributed by atoms with Crippen LogP contribution in [0.25, 0.3) is 0 Å². The number of hydrogen-bond acceptors (Lipinski definition) is 4. The van der Waals surface area contributed by atoms with E-state index in [1.165, 1.54) is 12.1 Å². The highest BCUT2D eigenvalue weighted by Gasteiger charge is 2.26. The molecule has 0 amide bonds. The third-order valence-electron chi connectivity index (χ3n) is 2.26. The summed E-state index contributed by atoms with van der Waals surface area (Å²) in [6, 6.07) is 3.56. The first kappa shape index (κ1) is 13.3. The van der Waals surface area contributed by atoms with Crippen LogP contribution in [0.2, 0.25) is 0 Å². The Morgan fingerprint density at radius 2 is 2.06 bits per heavy atom. The van der Waals surface area contributed by atoms with Crippen molar-refractivity contribution in [2.24, 2.45) is 0 Å². The lowest BCUT2D eigenvalue weighted by Gasteiger charge is -2.18. The zero-order chi connectivity index (χ0) is 13.0. The van der Waals surface area contributed by atoms with Gasteiger partial charge < -0.3 is 15.3 Å². The summed E-state index contributed by atoms with van der Waals surface area (Å²) in [5, 5.41) is 27.4. The fourth-order valence-electron chi connectivity index (χ4n) is 1.45. The van der Waals surface area contributed by atoms with E-state index in [0.717, 1.165) is 6.07 Å². The normalized spacial score (nSPS) is 14.1. The van der Waals surface area contributed by atoms with E-state index >= 15 is 0 Å². The SMILES string of the molecule is O=Cc1cccc(F)c1C(O)C(O)CC(=O)O. The molecule has 0 aliphatic carbocycles. The summed E-state index contributed by atoms with van der Waals surface area (Å²) in [6.07, 6.45) is -3.85. The number of carboxylic acid groups (broad SMARTS) is 1. The van der Waals surface area contributed by atoms with Crippen LogP contribution in [0.3, 0.4) is 0 Å². The van der Waals surface area contributed by atoms with Gasteiger partial charge in [-0.2, -0.15) is 0 Å². The number of halogens is 1. The average Bonchev–Trinajstić information content (AvgIpc) is 2.26. The van der Waals surface area contributed by atoms with Gasteiger partial charge in [-0.1, -0.05) is 12.1 Å². The molecule has 0 aromatic heterocycles. The van der Waals surface area contributed by atoms with E-state index in [-0.39, 0.29) is 5.56 Å². The highest BCUT2D eigenvalue weighted by Crippen LogP contribution is 2.24. The number of rotatable bonds is 5. The third kappa shape index (κ3) is 3.08. The average molecular weight is 242 g/mol. The maximum atomic E-state index is 13.4. The van der Waals surface area contributed by atoms with Crippen LogP contribution in [0.4, 0.5) is 4.39 Å². The Hall–Kier alpha value is -1.79. The summed E-state index contributed by atoms with van der Waals surface area (Å²) < 4.78 is 13.4. The quantitative estimate of drug-likeness (QED) is 0.654. The molecule has 92 valence electrons. The predicted molar refractivity (Wildman–Crippen MR) is 55.0 cm³/mol. The van der Waals surface area contributed by atoms with Crippen molar-refractivity contribution in [3.63, 3.8) is 0 Å². The predicted octanol–water partition coefficient (Wildman–Crippen LogP) is 0.507. The molecule has 6 heteroatoms. The minimum atomic E-state index is -1.76. The largest absolute Gasteiger partial charge is 0.481 e. The lowest BCUT2D eigenvalue weighted by molar-refractivity contribution is -0.141. The van der Waals surface area contributed by atoms with E-state index in [1.807, 2.05) is 0 Å². The molecule has 1 rings (SSSR count). The van der Waals surface area contributed by atoms with Crippen molar-refractivity contribution in [1.29, 1.82) is 0 Å². The van der Waals surface area contributed by atoms with E-state index in [2.05, 4.69) is 0 Å². The van der Waals surface area contributed by atoms with E-state index in [4.69, 9.17) is 5.11 Å². The molecule has 2 unspecified atom stereocenters. The van der Waals surface area contributed by atoms with Gasteiger partial charge in [-0.25, -0.2) is 4.39 Å². The van der Waals surface area contributed by atoms with Crippen LogP contribution in [-0.2, 0) is 4.79 Å². The number of aliphatic hydroxyl groups excluding tert-OH is 2. The highest BCUT2D eigenvalue weighted by molar-refractivity contribution is 5.77. The second-order valence-electron chi connectivity index (χ2n) is 3.47. The molecule has 3 N–H and O–H groups in total.